The van der Waals surface area contributed by atoms with Crippen molar-refractivity contribution < 1.29 is 18.8 Å². The fourth-order valence-corrected chi connectivity index (χ4v) is 4.26. The van der Waals surface area contributed by atoms with Crippen molar-refractivity contribution in [2.45, 2.75) is 69.9 Å². The second-order valence-electron chi connectivity index (χ2n) is 8.02. The van der Waals surface area contributed by atoms with Gasteiger partial charge in [0.05, 0.1) is 5.41 Å². The zero-order chi connectivity index (χ0) is 19.8. The lowest BCUT2D eigenvalue weighted by Crippen LogP contribution is -2.46. The van der Waals surface area contributed by atoms with E-state index in [0.717, 1.165) is 25.7 Å². The van der Waals surface area contributed by atoms with Gasteiger partial charge in [-0.3, -0.25) is 19.3 Å². The van der Waals surface area contributed by atoms with E-state index in [2.05, 4.69) is 0 Å². The van der Waals surface area contributed by atoms with Crippen LogP contribution < -0.4 is 0 Å². The number of hydrogen-bond donors (Lipinski definition) is 0. The maximum absolute atomic E-state index is 14.7. The number of nitrogens with zero attached hydrogens (tertiary/aromatic N) is 2. The molecule has 1 atom stereocenters. The number of amides is 3. The predicted octanol–water partition coefficient (Wildman–Crippen LogP) is 3.02. The van der Waals surface area contributed by atoms with Crippen molar-refractivity contribution in [3.63, 3.8) is 0 Å². The lowest BCUT2D eigenvalue weighted by molar-refractivity contribution is -0.144. The molecular weight excluding hydrogens is 347 g/mol. The molecule has 6 heteroatoms. The average molecular weight is 374 g/mol. The highest BCUT2D eigenvalue weighted by atomic mass is 19.1. The Morgan fingerprint density at radius 2 is 1.89 bits per heavy atom. The summed E-state index contributed by atoms with van der Waals surface area (Å²) in [6, 6.07) is 5.83. The van der Waals surface area contributed by atoms with E-state index in [-0.39, 0.29) is 42.3 Å². The number of likely N-dealkylation sites (tertiary alicyclic amines) is 1. The van der Waals surface area contributed by atoms with Gasteiger partial charge in [-0.2, -0.15) is 0 Å². The highest BCUT2D eigenvalue weighted by Gasteiger charge is 2.56. The van der Waals surface area contributed by atoms with Crippen molar-refractivity contribution in [2.24, 2.45) is 0 Å². The molecule has 146 valence electrons. The fraction of sp³-hybridized carbons (Fsp3) is 0.571. The van der Waals surface area contributed by atoms with Gasteiger partial charge in [0.1, 0.15) is 5.82 Å². The number of imide groups is 1. The Morgan fingerprint density at radius 1 is 1.26 bits per heavy atom. The molecule has 1 aromatic rings. The van der Waals surface area contributed by atoms with Crippen LogP contribution in [0.2, 0.25) is 0 Å². The van der Waals surface area contributed by atoms with E-state index in [1.807, 2.05) is 13.8 Å². The monoisotopic (exact) mass is 374 g/mol. The molecule has 1 aromatic carbocycles. The van der Waals surface area contributed by atoms with Crippen molar-refractivity contribution in [2.75, 3.05) is 7.05 Å². The van der Waals surface area contributed by atoms with E-state index in [9.17, 15) is 18.8 Å². The Balaban J connectivity index is 2.03. The summed E-state index contributed by atoms with van der Waals surface area (Å²) in [5.74, 6) is -1.53. The second-order valence-corrected chi connectivity index (χ2v) is 8.02. The molecule has 1 aliphatic heterocycles. The van der Waals surface area contributed by atoms with Crippen LogP contribution in [0.5, 0.6) is 0 Å². The zero-order valence-corrected chi connectivity index (χ0v) is 16.2. The molecule has 2 aliphatic rings. The van der Waals surface area contributed by atoms with Crippen LogP contribution in [0.1, 0.15) is 57.9 Å². The highest BCUT2D eigenvalue weighted by Crippen LogP contribution is 2.43. The Hall–Kier alpha value is -2.24. The molecule has 3 amide bonds. The van der Waals surface area contributed by atoms with E-state index in [1.165, 1.54) is 17.0 Å². The first kappa shape index (κ1) is 19.5. The largest absolute Gasteiger partial charge is 0.343 e. The summed E-state index contributed by atoms with van der Waals surface area (Å²) in [7, 11) is 1.66. The van der Waals surface area contributed by atoms with Crippen molar-refractivity contribution in [1.82, 2.24) is 9.80 Å². The molecule has 1 aliphatic carbocycles. The van der Waals surface area contributed by atoms with E-state index < -0.39 is 17.1 Å². The summed E-state index contributed by atoms with van der Waals surface area (Å²) < 4.78 is 14.7. The number of benzene rings is 1. The van der Waals surface area contributed by atoms with Crippen molar-refractivity contribution in [3.8, 4) is 0 Å². The first-order valence-electron chi connectivity index (χ1n) is 9.65. The van der Waals surface area contributed by atoms with Gasteiger partial charge >= 0.3 is 0 Å². The van der Waals surface area contributed by atoms with Crippen molar-refractivity contribution >= 4 is 17.7 Å². The van der Waals surface area contributed by atoms with Crippen LogP contribution >= 0.6 is 0 Å². The topological polar surface area (TPSA) is 57.7 Å². The molecule has 0 aromatic heterocycles. The maximum atomic E-state index is 14.7. The number of carbonyl (C=O) groups excluding carboxylic acids is 3. The number of carbonyl (C=O) groups is 3. The van der Waals surface area contributed by atoms with E-state index >= 15 is 0 Å². The van der Waals surface area contributed by atoms with Crippen LogP contribution in [-0.4, -0.2) is 46.7 Å². The Kier molecular flexibility index (Phi) is 5.36. The normalized spacial score (nSPS) is 23.5. The quantitative estimate of drug-likeness (QED) is 0.745. The van der Waals surface area contributed by atoms with Gasteiger partial charge < -0.3 is 4.90 Å². The molecule has 0 radical (unpaired) electrons. The SMILES string of the molecule is CC(C)N(C)C(=O)C[C@]1(c2ccccc2F)CC(=O)N(C2CCCC2)C1=O. The van der Waals surface area contributed by atoms with Crippen molar-refractivity contribution in [3.05, 3.63) is 35.6 Å². The lowest BCUT2D eigenvalue weighted by atomic mass is 9.75. The molecule has 1 saturated carbocycles. The van der Waals surface area contributed by atoms with Crippen LogP contribution in [0.25, 0.3) is 0 Å². The third kappa shape index (κ3) is 3.37. The van der Waals surface area contributed by atoms with Gasteiger partial charge in [-0.1, -0.05) is 31.0 Å². The molecule has 0 spiro atoms. The van der Waals surface area contributed by atoms with E-state index in [0.29, 0.717) is 0 Å². The summed E-state index contributed by atoms with van der Waals surface area (Å²) in [5.41, 5.74) is -1.31. The molecule has 5 nitrogen and oxygen atoms in total. The molecule has 0 N–H and O–H groups in total. The van der Waals surface area contributed by atoms with Crippen LogP contribution in [0.15, 0.2) is 24.3 Å². The van der Waals surface area contributed by atoms with Gasteiger partial charge in [0.25, 0.3) is 0 Å². The van der Waals surface area contributed by atoms with Gasteiger partial charge in [-0.15, -0.1) is 0 Å². The zero-order valence-electron chi connectivity index (χ0n) is 16.2. The Bertz CT molecular complexity index is 758. The summed E-state index contributed by atoms with van der Waals surface area (Å²) in [6.45, 7) is 3.75. The fourth-order valence-electron chi connectivity index (χ4n) is 4.26. The van der Waals surface area contributed by atoms with E-state index in [1.54, 1.807) is 24.1 Å². The molecular formula is C21H27FN2O3. The third-order valence-corrected chi connectivity index (χ3v) is 6.05. The maximum Gasteiger partial charge on any atom is 0.241 e. The van der Waals surface area contributed by atoms with Gasteiger partial charge in [0, 0.05) is 37.5 Å². The predicted molar refractivity (Wildman–Crippen MR) is 99.3 cm³/mol. The van der Waals surface area contributed by atoms with Gasteiger partial charge in [0.2, 0.25) is 17.7 Å². The molecule has 27 heavy (non-hydrogen) atoms. The lowest BCUT2D eigenvalue weighted by Gasteiger charge is -2.31. The minimum absolute atomic E-state index is 0.0479. The molecule has 1 heterocycles. The highest BCUT2D eigenvalue weighted by molar-refractivity contribution is 6.11. The van der Waals surface area contributed by atoms with Crippen LogP contribution in [0.4, 0.5) is 4.39 Å². The average Bonchev–Trinajstić information content (AvgIpc) is 3.22. The molecule has 0 unspecified atom stereocenters. The van der Waals surface area contributed by atoms with Gasteiger partial charge in [-0.05, 0) is 32.8 Å². The standard InChI is InChI=1S/C21H27FN2O3/c1-14(2)23(3)18(25)12-21(16-10-6-7-11-17(16)22)13-19(26)24(20(21)27)15-8-4-5-9-15/h6-7,10-11,14-15H,4-5,8-9,12-13H2,1-3H3/t21-/m1/s1. The van der Waals surface area contributed by atoms with E-state index in [4.69, 9.17) is 0 Å². The first-order valence-corrected chi connectivity index (χ1v) is 9.65. The van der Waals surface area contributed by atoms with Crippen LogP contribution in [0.3, 0.4) is 0 Å². The Labute approximate surface area is 159 Å². The third-order valence-electron chi connectivity index (χ3n) is 6.05. The molecule has 2 fully saturated rings. The number of rotatable bonds is 5. The van der Waals surface area contributed by atoms with Crippen molar-refractivity contribution in [1.29, 1.82) is 0 Å². The molecule has 3 rings (SSSR count). The van der Waals surface area contributed by atoms with Crippen LogP contribution in [0, 0.1) is 5.82 Å². The summed E-state index contributed by atoms with van der Waals surface area (Å²) in [5, 5.41) is 0. The minimum Gasteiger partial charge on any atom is -0.343 e. The van der Waals surface area contributed by atoms with Gasteiger partial charge in [-0.25, -0.2) is 4.39 Å². The molecule has 0 bridgehead atoms. The summed E-state index contributed by atoms with van der Waals surface area (Å²) >= 11 is 0. The summed E-state index contributed by atoms with van der Waals surface area (Å²) in [4.78, 5) is 42.0. The summed E-state index contributed by atoms with van der Waals surface area (Å²) in [6.07, 6.45) is 3.17. The number of halogens is 1. The second kappa shape index (κ2) is 7.41. The Morgan fingerprint density at radius 3 is 2.48 bits per heavy atom. The smallest absolute Gasteiger partial charge is 0.241 e. The molecule has 1 saturated heterocycles. The van der Waals surface area contributed by atoms with Gasteiger partial charge in [0.15, 0.2) is 0 Å². The minimum atomic E-state index is -1.45. The first-order chi connectivity index (χ1) is 12.8. The van der Waals surface area contributed by atoms with Crippen LogP contribution in [-0.2, 0) is 19.8 Å². The number of hydrogen-bond acceptors (Lipinski definition) is 3.